The van der Waals surface area contributed by atoms with Crippen molar-refractivity contribution in [2.45, 2.75) is 44.6 Å². The van der Waals surface area contributed by atoms with Crippen LogP contribution in [-0.2, 0) is 16.0 Å². The first-order valence-electron chi connectivity index (χ1n) is 7.38. The van der Waals surface area contributed by atoms with E-state index in [1.807, 2.05) is 18.2 Å². The summed E-state index contributed by atoms with van der Waals surface area (Å²) in [4.78, 5) is 23.3. The number of amides is 2. The maximum atomic E-state index is 11.6. The molecule has 2 amide bonds. The predicted octanol–water partition coefficient (Wildman–Crippen LogP) is 1.79. The highest BCUT2D eigenvalue weighted by Gasteiger charge is 2.20. The normalized spacial score (nSPS) is 15.0. The number of rotatable bonds is 5. The van der Waals surface area contributed by atoms with Crippen molar-refractivity contribution in [3.63, 3.8) is 0 Å². The number of aryl methyl sites for hydroxylation is 1. The van der Waals surface area contributed by atoms with Gasteiger partial charge in [-0.25, -0.2) is 0 Å². The molecule has 0 radical (unpaired) electrons. The average Bonchev–Trinajstić information content (AvgIpc) is 2.97. The molecule has 0 heterocycles. The molecular weight excluding hydrogens is 252 g/mol. The summed E-state index contributed by atoms with van der Waals surface area (Å²) in [5.74, 6) is -0.999. The number of carbonyl (C=O) groups excluding carboxylic acids is 2. The lowest BCUT2D eigenvalue weighted by Gasteiger charge is -2.11. The molecule has 20 heavy (non-hydrogen) atoms. The molecule has 1 fully saturated rings. The van der Waals surface area contributed by atoms with Gasteiger partial charge in [0.1, 0.15) is 0 Å². The summed E-state index contributed by atoms with van der Waals surface area (Å²) in [6.07, 6.45) is 6.02. The van der Waals surface area contributed by atoms with Crippen LogP contribution in [0.1, 0.15) is 37.7 Å². The van der Waals surface area contributed by atoms with Crippen LogP contribution in [0, 0.1) is 0 Å². The molecule has 108 valence electrons. The lowest BCUT2D eigenvalue weighted by atomic mass is 10.1. The number of nitrogens with one attached hydrogen (secondary N) is 2. The zero-order valence-corrected chi connectivity index (χ0v) is 11.7. The molecule has 0 atom stereocenters. The number of hydrogen-bond donors (Lipinski definition) is 2. The van der Waals surface area contributed by atoms with Gasteiger partial charge in [-0.2, -0.15) is 0 Å². The quantitative estimate of drug-likeness (QED) is 0.635. The third kappa shape index (κ3) is 4.68. The highest BCUT2D eigenvalue weighted by Crippen LogP contribution is 2.17. The van der Waals surface area contributed by atoms with Crippen LogP contribution in [0.15, 0.2) is 30.3 Å². The van der Waals surface area contributed by atoms with E-state index in [1.165, 1.54) is 5.56 Å². The van der Waals surface area contributed by atoms with E-state index < -0.39 is 11.8 Å². The van der Waals surface area contributed by atoms with Crippen molar-refractivity contribution in [2.24, 2.45) is 0 Å². The van der Waals surface area contributed by atoms with Crippen molar-refractivity contribution < 1.29 is 9.59 Å². The fourth-order valence-electron chi connectivity index (χ4n) is 2.54. The molecule has 0 aromatic heterocycles. The smallest absolute Gasteiger partial charge is 0.309 e. The summed E-state index contributed by atoms with van der Waals surface area (Å²) >= 11 is 0. The summed E-state index contributed by atoms with van der Waals surface area (Å²) in [6, 6.07) is 10.3. The van der Waals surface area contributed by atoms with Gasteiger partial charge in [0.15, 0.2) is 0 Å². The number of benzene rings is 1. The van der Waals surface area contributed by atoms with E-state index in [1.54, 1.807) is 0 Å². The Morgan fingerprint density at radius 1 is 1.05 bits per heavy atom. The monoisotopic (exact) mass is 274 g/mol. The van der Waals surface area contributed by atoms with Crippen molar-refractivity contribution in [3.8, 4) is 0 Å². The summed E-state index contributed by atoms with van der Waals surface area (Å²) in [5, 5.41) is 5.46. The van der Waals surface area contributed by atoms with Crippen LogP contribution in [0.5, 0.6) is 0 Å². The van der Waals surface area contributed by atoms with E-state index in [-0.39, 0.29) is 6.04 Å². The van der Waals surface area contributed by atoms with E-state index >= 15 is 0 Å². The maximum absolute atomic E-state index is 11.6. The molecule has 1 aliphatic rings. The molecule has 1 aromatic rings. The molecule has 4 heteroatoms. The van der Waals surface area contributed by atoms with Gasteiger partial charge in [-0.3, -0.25) is 9.59 Å². The first-order valence-corrected chi connectivity index (χ1v) is 7.38. The lowest BCUT2D eigenvalue weighted by molar-refractivity contribution is -0.139. The molecule has 0 saturated heterocycles. The molecule has 0 aliphatic heterocycles. The Labute approximate surface area is 119 Å². The van der Waals surface area contributed by atoms with Crippen LogP contribution in [0.2, 0.25) is 0 Å². The Morgan fingerprint density at radius 3 is 2.45 bits per heavy atom. The highest BCUT2D eigenvalue weighted by atomic mass is 16.2. The summed E-state index contributed by atoms with van der Waals surface area (Å²) in [5.41, 5.74) is 1.25. The van der Waals surface area contributed by atoms with Gasteiger partial charge in [-0.1, -0.05) is 43.2 Å². The topological polar surface area (TPSA) is 58.2 Å². The standard InChI is InChI=1S/C16H22N2O2/c19-15(16(20)18-14-10-4-5-11-14)17-12-6-9-13-7-2-1-3-8-13/h1-3,7-8,14H,4-6,9-12H2,(H,17,19)(H,18,20). The van der Waals surface area contributed by atoms with Gasteiger partial charge in [0.2, 0.25) is 0 Å². The second-order valence-corrected chi connectivity index (χ2v) is 5.30. The minimum absolute atomic E-state index is 0.192. The van der Waals surface area contributed by atoms with Crippen LogP contribution < -0.4 is 10.6 Å². The van der Waals surface area contributed by atoms with E-state index in [0.29, 0.717) is 6.54 Å². The fraction of sp³-hybridized carbons (Fsp3) is 0.500. The third-order valence-corrected chi connectivity index (χ3v) is 3.67. The minimum Gasteiger partial charge on any atom is -0.348 e. The van der Waals surface area contributed by atoms with E-state index in [2.05, 4.69) is 22.8 Å². The second-order valence-electron chi connectivity index (χ2n) is 5.30. The maximum Gasteiger partial charge on any atom is 0.309 e. The molecular formula is C16H22N2O2. The largest absolute Gasteiger partial charge is 0.348 e. The molecule has 1 saturated carbocycles. The van der Waals surface area contributed by atoms with E-state index in [0.717, 1.165) is 38.5 Å². The van der Waals surface area contributed by atoms with Crippen LogP contribution >= 0.6 is 0 Å². The first kappa shape index (κ1) is 14.6. The Kier molecular flexibility index (Phi) is 5.59. The molecule has 2 rings (SSSR count). The fourth-order valence-corrected chi connectivity index (χ4v) is 2.54. The molecule has 2 N–H and O–H groups in total. The zero-order valence-electron chi connectivity index (χ0n) is 11.7. The van der Waals surface area contributed by atoms with E-state index in [4.69, 9.17) is 0 Å². The second kappa shape index (κ2) is 7.68. The zero-order chi connectivity index (χ0) is 14.2. The first-order chi connectivity index (χ1) is 9.75. The summed E-state index contributed by atoms with van der Waals surface area (Å²) in [7, 11) is 0. The van der Waals surface area contributed by atoms with Crippen molar-refractivity contribution in [1.82, 2.24) is 10.6 Å². The molecule has 0 bridgehead atoms. The van der Waals surface area contributed by atoms with Crippen LogP contribution in [0.25, 0.3) is 0 Å². The van der Waals surface area contributed by atoms with Gasteiger partial charge in [-0.15, -0.1) is 0 Å². The highest BCUT2D eigenvalue weighted by molar-refractivity contribution is 6.35. The molecule has 1 aliphatic carbocycles. The Morgan fingerprint density at radius 2 is 1.75 bits per heavy atom. The Bertz CT molecular complexity index is 439. The molecule has 0 spiro atoms. The number of hydrogen-bond acceptors (Lipinski definition) is 2. The van der Waals surface area contributed by atoms with Crippen molar-refractivity contribution in [1.29, 1.82) is 0 Å². The van der Waals surface area contributed by atoms with Gasteiger partial charge < -0.3 is 10.6 Å². The van der Waals surface area contributed by atoms with Crippen LogP contribution in [0.4, 0.5) is 0 Å². The van der Waals surface area contributed by atoms with Gasteiger partial charge in [0.05, 0.1) is 0 Å². The Hall–Kier alpha value is -1.84. The van der Waals surface area contributed by atoms with Crippen LogP contribution in [0.3, 0.4) is 0 Å². The van der Waals surface area contributed by atoms with E-state index in [9.17, 15) is 9.59 Å². The van der Waals surface area contributed by atoms with Crippen molar-refractivity contribution >= 4 is 11.8 Å². The summed E-state index contributed by atoms with van der Waals surface area (Å²) in [6.45, 7) is 0.534. The third-order valence-electron chi connectivity index (χ3n) is 3.67. The van der Waals surface area contributed by atoms with Gasteiger partial charge >= 0.3 is 11.8 Å². The van der Waals surface area contributed by atoms with Gasteiger partial charge in [0, 0.05) is 12.6 Å². The SMILES string of the molecule is O=C(NCCCc1ccccc1)C(=O)NC1CCCC1. The predicted molar refractivity (Wildman–Crippen MR) is 78.2 cm³/mol. The van der Waals surface area contributed by atoms with Crippen molar-refractivity contribution in [2.75, 3.05) is 6.54 Å². The minimum atomic E-state index is -0.509. The molecule has 0 unspecified atom stereocenters. The van der Waals surface area contributed by atoms with Gasteiger partial charge in [0.25, 0.3) is 0 Å². The molecule has 4 nitrogen and oxygen atoms in total. The molecule has 1 aromatic carbocycles. The lowest BCUT2D eigenvalue weighted by Crippen LogP contribution is -2.44. The van der Waals surface area contributed by atoms with Gasteiger partial charge in [-0.05, 0) is 31.2 Å². The Balaban J connectivity index is 1.61. The van der Waals surface area contributed by atoms with Crippen LogP contribution in [-0.4, -0.2) is 24.4 Å². The average molecular weight is 274 g/mol. The number of carbonyl (C=O) groups is 2. The summed E-state index contributed by atoms with van der Waals surface area (Å²) < 4.78 is 0. The van der Waals surface area contributed by atoms with Crippen molar-refractivity contribution in [3.05, 3.63) is 35.9 Å².